The number of piperidine rings is 8. The van der Waals surface area contributed by atoms with Crippen LogP contribution < -0.4 is 52.8 Å². The Morgan fingerprint density at radius 2 is 0.551 bits per heavy atom. The van der Waals surface area contributed by atoms with Crippen LogP contribution in [-0.4, -0.2) is 204 Å². The number of Topliss-reactive ketones (excluding diaryl/α,β-unsaturated/α-hetero) is 4. The predicted molar refractivity (Wildman–Crippen MR) is 595 cm³/mol. The third-order valence-corrected chi connectivity index (χ3v) is 40.0. The van der Waals surface area contributed by atoms with Crippen LogP contribution in [0, 0.1) is 136 Å². The standard InChI is InChI=1S/C18H30N2O.C18H32N2.C18H29NO.C10H17NO.C10H19N.C10H16O2.C10H16O.C10H14O.C8H13BN2O.2C2H4O2.CH4.BrH.2ClH.2H3NO.Na.H/c1-12-5-13-7-14(6-12)9-18(8-13)20-16-3-2-4-17(20)11-15(10-16)19-21;1-12-5-13-7-14(6-12)9-18(8-13)20-16-3-2-4-17(20)11-15(19)10-16;1-12-5-13-7-14(6-12)9-17(8-13)19-15-3-2-4-16(19)11-18(20)10-15;1-7-2-8-4-9(3-7)6-10(5-8)11-12;1-7-2-8-4-9(3-7)6-10(11)5-8;11-9-2-7-1-8(4-9)5-10(12,3-7)6-9;2*1-7-2-8-4-9(3-7)6-10(11)5-8;10-9-11-6-2-1-3-7(11)5-8(12)4-6;2*1-2(3)4;;;;;2*1-2;;/h12-14,16-18,21H,2-11H2,1H3;12-18H,2-11,19H2,1H3;12-17H,2-11H2,1H3;7-9,12H,2-6H2,1H3;7-10H,2-6,11H2,1H3;7-8,11-12H,1-6H2;7-9H,2-6H2,1H3;8-9H,1-6H2;6-7,10H,1-5H2;2*1H3,(H,3,4);1H4;3*1H;2*2H,1H2;;/q;;;;;;;;;;;;;;;;;+1;-1/t12?,13-,14+,16-,17+,18?;12?,13-,14+,15?,16-,17+,18?;12?,13-,14+,15-,16+,17?;7?,8-,9?;7?,8-,9?,10?;;7?,8-,9?;8-,9?;6-,7+;;;;;;;;;;/m...11.11.........../s1. The van der Waals surface area contributed by atoms with Crippen molar-refractivity contribution in [1.82, 2.24) is 19.5 Å². The van der Waals surface area contributed by atoms with Gasteiger partial charge in [-0.3, -0.25) is 38.7 Å². The molecule has 147 heavy (non-hydrogen) atoms. The van der Waals surface area contributed by atoms with E-state index in [1.54, 1.807) is 6.42 Å². The van der Waals surface area contributed by atoms with E-state index in [-0.39, 0.29) is 80.2 Å². The number of nitrogens with two attached hydrogens (primary N) is 4. The van der Waals surface area contributed by atoms with Crippen LogP contribution in [0.4, 0.5) is 0 Å². The number of hydrogen-bond acceptors (Lipinski definition) is 22. The number of allylic oxidation sites excluding steroid dienone is 1. The van der Waals surface area contributed by atoms with Crippen molar-refractivity contribution in [3.8, 4) is 0 Å². The predicted octanol–water partition coefficient (Wildman–Crippen LogP) is 21.0. The fourth-order valence-electron chi connectivity index (χ4n) is 37.4. The quantitative estimate of drug-likeness (QED) is 0.0538. The number of fused-ring (bicyclic) bond motifs is 22. The second-order valence-corrected chi connectivity index (χ2v) is 53.5. The summed E-state index contributed by atoms with van der Waals surface area (Å²) in [5, 5.41) is 80.1. The first-order valence-corrected chi connectivity index (χ1v) is 58.5. The summed E-state index contributed by atoms with van der Waals surface area (Å²) in [4.78, 5) is 74.3. The molecule has 30 heteroatoms. The SMILES string of the molecule is Br.C.C=C1CC2CC(=O)C[C@H](C1)C2.CC(=O)O.CC(=O)O.CC1CC2CC(=NO)C[C@H](C1)C2.CC1CC2CC(=O)C[C@H](C1)C2.CC1CC2CC(N)C[C@H](C1)C2.CC1C[C@@H]2CC(N3[C@@H]4CCC[C@H]3CC(=NO)C4)C[C@H](C1)C2.CC1C[C@@H]2CC(N3[C@@H]4CCC[C@H]3CC(=O)C4)C[C@H](C1)C2.CC1C[C@@H]2CC(N3[C@@H]4CCC[C@H]3CC(N)C4)C[C@H](C1)C2.Cl.Cl.N=BN1[C@@H]2CCC[C@H]1CC(=O)C2.NO.NO.OC12CC3CC(C1)CC(O)(C3)C2.[H-].[Na+]. The van der Waals surface area contributed by atoms with E-state index in [1.807, 2.05) is 0 Å². The van der Waals surface area contributed by atoms with Crippen LogP contribution in [0.15, 0.2) is 22.5 Å². The molecule has 26 fully saturated rings. The zero-order valence-electron chi connectivity index (χ0n) is 92.9. The number of aliphatic carboxylic acids is 2. The van der Waals surface area contributed by atoms with Gasteiger partial charge in [0.1, 0.15) is 17.3 Å². The Labute approximate surface area is 934 Å². The van der Waals surface area contributed by atoms with Crippen LogP contribution in [-0.2, 0) is 28.8 Å². The first-order chi connectivity index (χ1) is 67.9. The topological polar surface area (TPSA) is 430 Å². The van der Waals surface area contributed by atoms with E-state index in [0.717, 1.165) is 278 Å². The van der Waals surface area contributed by atoms with Crippen molar-refractivity contribution in [2.45, 2.75) is 544 Å². The van der Waals surface area contributed by atoms with Crippen molar-refractivity contribution in [3.05, 3.63) is 12.2 Å². The molecule has 18 saturated carbocycles. The van der Waals surface area contributed by atoms with Crippen LogP contribution in [0.3, 0.4) is 0 Å². The smallest absolute Gasteiger partial charge is 1.00 e. The van der Waals surface area contributed by atoms with Crippen LogP contribution in [0.1, 0.15) is 456 Å². The molecule has 15 unspecified atom stereocenters. The van der Waals surface area contributed by atoms with Crippen molar-refractivity contribution in [2.75, 3.05) is 0 Å². The summed E-state index contributed by atoms with van der Waals surface area (Å²) in [6.07, 6.45) is 75.3. The average Bonchev–Trinajstić information content (AvgIpc) is 0.729. The molecular weight excluding hydrogens is 1970 g/mol. The molecule has 26 bridgehead atoms. The van der Waals surface area contributed by atoms with E-state index < -0.39 is 23.1 Å². The Kier molecular flexibility index (Phi) is 54.4. The Morgan fingerprint density at radius 3 is 0.850 bits per heavy atom. The van der Waals surface area contributed by atoms with E-state index >= 15 is 0 Å². The number of aliphatic hydroxyl groups is 2. The van der Waals surface area contributed by atoms with Gasteiger partial charge in [0.15, 0.2) is 0 Å². The maximum Gasteiger partial charge on any atom is 1.00 e. The number of hydrogen-bond donors (Lipinski definition) is 13. The van der Waals surface area contributed by atoms with Crippen molar-refractivity contribution in [1.29, 1.82) is 5.31 Å². The second kappa shape index (κ2) is 61.7. The second-order valence-electron chi connectivity index (χ2n) is 53.5. The molecule has 26 rings (SSSR count). The number of halogens is 3. The van der Waals surface area contributed by atoms with Gasteiger partial charge in [0.25, 0.3) is 11.9 Å². The van der Waals surface area contributed by atoms with Gasteiger partial charge in [0, 0.05) is 138 Å². The normalized spacial score (nSPS) is 42.8. The molecule has 8 heterocycles. The summed E-state index contributed by atoms with van der Waals surface area (Å²) in [5.41, 5.74) is 14.8. The number of carbonyl (C=O) groups excluding carboxylic acids is 4. The number of nitrogens with one attached hydrogen (secondary N) is 1. The summed E-state index contributed by atoms with van der Waals surface area (Å²) in [7, 11) is 1.42. The largest absolute Gasteiger partial charge is 1.00 e. The minimum Gasteiger partial charge on any atom is -1.00 e. The molecule has 8 saturated heterocycles. The van der Waals surface area contributed by atoms with E-state index in [0.29, 0.717) is 114 Å². The van der Waals surface area contributed by atoms with Crippen molar-refractivity contribution in [3.63, 3.8) is 0 Å². The molecule has 0 radical (unpaired) electrons. The van der Waals surface area contributed by atoms with Gasteiger partial charge in [-0.15, -0.1) is 41.8 Å². The summed E-state index contributed by atoms with van der Waals surface area (Å²) < 4.78 is 0. The van der Waals surface area contributed by atoms with Gasteiger partial charge in [-0.05, 0) is 413 Å². The molecule has 840 valence electrons. The molecular formula is C117H208BBrCl2N11NaO14. The average molecular weight is 2180 g/mol. The molecule has 33 atom stereocenters. The van der Waals surface area contributed by atoms with Crippen molar-refractivity contribution >= 4 is 95.5 Å². The third kappa shape index (κ3) is 38.5. The third-order valence-electron chi connectivity index (χ3n) is 40.0. The number of carboxylic acids is 2. The molecule has 26 aliphatic rings. The Hall–Kier alpha value is -2.42. The molecule has 0 aromatic carbocycles. The summed E-state index contributed by atoms with van der Waals surface area (Å²) in [6.45, 7) is 20.6. The van der Waals surface area contributed by atoms with Gasteiger partial charge >= 0.3 is 102 Å². The minimum atomic E-state index is -0.833. The fourth-order valence-corrected chi connectivity index (χ4v) is 37.4. The van der Waals surface area contributed by atoms with Gasteiger partial charge in [0.2, 0.25) is 0 Å². The Morgan fingerprint density at radius 1 is 0.333 bits per heavy atom. The molecule has 8 aliphatic heterocycles. The Bertz CT molecular complexity index is 3840. The molecule has 0 aromatic rings. The van der Waals surface area contributed by atoms with Crippen LogP contribution >= 0.6 is 41.8 Å². The number of rotatable bonds is 4. The van der Waals surface area contributed by atoms with Crippen LogP contribution in [0.25, 0.3) is 0 Å². The monoisotopic (exact) mass is 2170 g/mol. The van der Waals surface area contributed by atoms with Crippen LogP contribution in [0.2, 0.25) is 0 Å². The molecule has 0 spiro atoms. The molecule has 0 aromatic heterocycles. The molecule has 18 aliphatic carbocycles. The zero-order valence-corrected chi connectivity index (χ0v) is 97.2. The van der Waals surface area contributed by atoms with E-state index in [9.17, 15) is 34.6 Å². The van der Waals surface area contributed by atoms with Gasteiger partial charge in [-0.1, -0.05) is 90.7 Å². The van der Waals surface area contributed by atoms with Gasteiger partial charge < -0.3 is 54.1 Å². The first-order valence-electron chi connectivity index (χ1n) is 58.5. The van der Waals surface area contributed by atoms with Gasteiger partial charge in [-0.2, -0.15) is 0 Å². The minimum absolute atomic E-state index is 0. The van der Waals surface area contributed by atoms with Crippen LogP contribution in [0.5, 0.6) is 0 Å². The maximum atomic E-state index is 11.9. The van der Waals surface area contributed by atoms with E-state index in [4.69, 9.17) is 52.2 Å². The molecule has 0 amide bonds. The number of carbonyl (C=O) groups is 6. The Balaban J connectivity index is 0.000000223. The molecule has 25 nitrogen and oxygen atoms in total. The zero-order chi connectivity index (χ0) is 102. The summed E-state index contributed by atoms with van der Waals surface area (Å²) in [6, 6.07) is 8.50. The number of oxime groups is 2. The van der Waals surface area contributed by atoms with Gasteiger partial charge in [-0.25, -0.2) is 11.8 Å². The number of ketones is 4. The fraction of sp³-hybridized carbons (Fsp3) is 0.915. The number of carboxylic acid groups (broad SMARTS) is 2. The number of nitrogens with zero attached hydrogens (tertiary/aromatic N) is 6. The maximum absolute atomic E-state index is 11.9. The van der Waals surface area contributed by atoms with E-state index in [1.165, 1.54) is 263 Å². The van der Waals surface area contributed by atoms with E-state index in [2.05, 4.69) is 89.7 Å². The summed E-state index contributed by atoms with van der Waals surface area (Å²) >= 11 is 0. The molecule has 17 N–H and O–H groups in total. The van der Waals surface area contributed by atoms with Gasteiger partial charge in [0.05, 0.1) is 22.6 Å². The summed E-state index contributed by atoms with van der Waals surface area (Å²) in [5.74, 6) is 26.6. The first kappa shape index (κ1) is 130. The van der Waals surface area contributed by atoms with Crippen molar-refractivity contribution < 1.29 is 101 Å². The van der Waals surface area contributed by atoms with Crippen molar-refractivity contribution in [2.24, 2.45) is 164 Å².